The first-order valence-electron chi connectivity index (χ1n) is 4.85. The van der Waals surface area contributed by atoms with Gasteiger partial charge in [-0.3, -0.25) is 0 Å². The smallest absolute Gasteiger partial charge is 0.378 e. The molecule has 1 saturated heterocycles. The van der Waals surface area contributed by atoms with Crippen molar-refractivity contribution in [2.45, 2.75) is 19.4 Å². The number of tetrazole rings is 1. The minimum atomic E-state index is -0.491. The molecule has 0 amide bonds. The molecule has 1 aromatic heterocycles. The van der Waals surface area contributed by atoms with Gasteiger partial charge in [-0.15, -0.1) is 5.10 Å². The molecule has 15 heavy (non-hydrogen) atoms. The molecular formula is C8H12N4O3. The topological polar surface area (TPSA) is 79.1 Å². The van der Waals surface area contributed by atoms with E-state index in [1.165, 1.54) is 4.68 Å². The quantitative estimate of drug-likeness (QED) is 0.646. The summed E-state index contributed by atoms with van der Waals surface area (Å²) in [5.74, 6) is -0.346. The molecule has 7 heteroatoms. The van der Waals surface area contributed by atoms with E-state index in [2.05, 4.69) is 15.5 Å². The Hall–Kier alpha value is -1.50. The monoisotopic (exact) mass is 212 g/mol. The molecule has 0 saturated carbocycles. The van der Waals surface area contributed by atoms with Crippen LogP contribution in [0, 0.1) is 0 Å². The first kappa shape index (κ1) is 10.0. The first-order valence-corrected chi connectivity index (χ1v) is 4.85. The molecule has 1 aliphatic heterocycles. The number of rotatable bonds is 3. The van der Waals surface area contributed by atoms with Crippen molar-refractivity contribution in [3.63, 3.8) is 0 Å². The van der Waals surface area contributed by atoms with E-state index in [9.17, 15) is 4.79 Å². The molecular weight excluding hydrogens is 200 g/mol. The van der Waals surface area contributed by atoms with Crippen LogP contribution in [0.15, 0.2) is 0 Å². The molecule has 0 aromatic carbocycles. The van der Waals surface area contributed by atoms with Crippen LogP contribution in [-0.4, -0.2) is 46.0 Å². The largest absolute Gasteiger partial charge is 0.460 e. The zero-order chi connectivity index (χ0) is 10.7. The first-order chi connectivity index (χ1) is 7.33. The third-order valence-electron chi connectivity index (χ3n) is 2.20. The predicted octanol–water partition coefficient (Wildman–Crippen LogP) is -0.189. The molecule has 1 aromatic rings. The van der Waals surface area contributed by atoms with E-state index in [4.69, 9.17) is 9.47 Å². The van der Waals surface area contributed by atoms with Crippen molar-refractivity contribution in [1.29, 1.82) is 0 Å². The molecule has 7 nitrogen and oxygen atoms in total. The van der Waals surface area contributed by atoms with Gasteiger partial charge >= 0.3 is 5.97 Å². The summed E-state index contributed by atoms with van der Waals surface area (Å²) in [6.07, 6.45) is 0.817. The van der Waals surface area contributed by atoms with Gasteiger partial charge in [-0.25, -0.2) is 9.48 Å². The number of hydrogen-bond acceptors (Lipinski definition) is 6. The summed E-state index contributed by atoms with van der Waals surface area (Å²) in [6.45, 7) is 3.27. The summed E-state index contributed by atoms with van der Waals surface area (Å²) in [4.78, 5) is 11.5. The molecule has 1 fully saturated rings. The van der Waals surface area contributed by atoms with Crippen LogP contribution in [0.4, 0.5) is 0 Å². The van der Waals surface area contributed by atoms with Crippen LogP contribution in [0.2, 0.25) is 0 Å². The number of esters is 1. The zero-order valence-corrected chi connectivity index (χ0v) is 8.42. The number of ether oxygens (including phenoxy) is 2. The maximum Gasteiger partial charge on any atom is 0.378 e. The lowest BCUT2D eigenvalue weighted by atomic mass is 10.3. The highest BCUT2D eigenvalue weighted by Crippen LogP contribution is 2.18. The Kier molecular flexibility index (Phi) is 2.91. The lowest BCUT2D eigenvalue weighted by Crippen LogP contribution is -2.19. The molecule has 1 atom stereocenters. The van der Waals surface area contributed by atoms with Crippen molar-refractivity contribution in [2.75, 3.05) is 19.8 Å². The van der Waals surface area contributed by atoms with Gasteiger partial charge in [0.15, 0.2) is 0 Å². The van der Waals surface area contributed by atoms with Crippen molar-refractivity contribution in [2.24, 2.45) is 0 Å². The zero-order valence-electron chi connectivity index (χ0n) is 8.42. The van der Waals surface area contributed by atoms with Crippen LogP contribution in [0.1, 0.15) is 30.0 Å². The van der Waals surface area contributed by atoms with Crippen LogP contribution in [-0.2, 0) is 9.47 Å². The number of hydrogen-bond donors (Lipinski definition) is 0. The molecule has 0 radical (unpaired) electrons. The van der Waals surface area contributed by atoms with Gasteiger partial charge in [0.1, 0.15) is 0 Å². The molecule has 1 unspecified atom stereocenters. The van der Waals surface area contributed by atoms with E-state index in [0.29, 0.717) is 19.8 Å². The average molecular weight is 212 g/mol. The van der Waals surface area contributed by atoms with E-state index in [1.54, 1.807) is 6.92 Å². The predicted molar refractivity (Wildman–Crippen MR) is 48.2 cm³/mol. The van der Waals surface area contributed by atoms with Gasteiger partial charge in [0, 0.05) is 6.61 Å². The van der Waals surface area contributed by atoms with Gasteiger partial charge in [0.2, 0.25) is 0 Å². The van der Waals surface area contributed by atoms with Gasteiger partial charge in [-0.2, -0.15) is 0 Å². The van der Waals surface area contributed by atoms with Crippen LogP contribution in [0.5, 0.6) is 0 Å². The van der Waals surface area contributed by atoms with Crippen molar-refractivity contribution < 1.29 is 14.3 Å². The van der Waals surface area contributed by atoms with Gasteiger partial charge in [-0.05, 0) is 23.8 Å². The van der Waals surface area contributed by atoms with E-state index in [0.717, 1.165) is 6.42 Å². The highest BCUT2D eigenvalue weighted by Gasteiger charge is 2.25. The van der Waals surface area contributed by atoms with E-state index >= 15 is 0 Å². The van der Waals surface area contributed by atoms with Crippen molar-refractivity contribution in [3.8, 4) is 0 Å². The maximum atomic E-state index is 11.5. The van der Waals surface area contributed by atoms with Crippen LogP contribution in [0.3, 0.4) is 0 Å². The second-order valence-electron chi connectivity index (χ2n) is 3.18. The highest BCUT2D eigenvalue weighted by atomic mass is 16.5. The second-order valence-corrected chi connectivity index (χ2v) is 3.18. The molecule has 1 aliphatic rings. The fraction of sp³-hybridized carbons (Fsp3) is 0.750. The third-order valence-corrected chi connectivity index (χ3v) is 2.20. The van der Waals surface area contributed by atoms with Crippen LogP contribution >= 0.6 is 0 Å². The Labute approximate surface area is 86.4 Å². The number of aromatic nitrogens is 4. The van der Waals surface area contributed by atoms with E-state index in [1.807, 2.05) is 0 Å². The fourth-order valence-corrected chi connectivity index (χ4v) is 1.48. The molecule has 0 spiro atoms. The molecule has 82 valence electrons. The van der Waals surface area contributed by atoms with Crippen LogP contribution < -0.4 is 0 Å². The SMILES string of the molecule is CCOC(=O)c1nnnn1C1CCOC1. The van der Waals surface area contributed by atoms with Crippen molar-refractivity contribution in [3.05, 3.63) is 5.82 Å². The normalized spacial score (nSPS) is 20.5. The summed E-state index contributed by atoms with van der Waals surface area (Å²) >= 11 is 0. The standard InChI is InChI=1S/C8H12N4O3/c1-2-15-8(13)7-9-10-11-12(7)6-3-4-14-5-6/h6H,2-5H2,1H3. The van der Waals surface area contributed by atoms with Crippen LogP contribution in [0.25, 0.3) is 0 Å². The van der Waals surface area contributed by atoms with Crippen molar-refractivity contribution >= 4 is 5.97 Å². The lowest BCUT2D eigenvalue weighted by Gasteiger charge is -2.08. The van der Waals surface area contributed by atoms with Gasteiger partial charge in [0.25, 0.3) is 5.82 Å². The van der Waals surface area contributed by atoms with Gasteiger partial charge in [-0.1, -0.05) is 0 Å². The lowest BCUT2D eigenvalue weighted by molar-refractivity contribution is 0.0500. The number of carbonyl (C=O) groups is 1. The summed E-state index contributed by atoms with van der Waals surface area (Å²) < 4.78 is 11.5. The minimum Gasteiger partial charge on any atom is -0.460 e. The number of carbonyl (C=O) groups excluding carboxylic acids is 1. The molecule has 2 rings (SSSR count). The molecule has 0 aliphatic carbocycles. The number of nitrogens with zero attached hydrogens (tertiary/aromatic N) is 4. The molecule has 0 bridgehead atoms. The Balaban J connectivity index is 2.17. The van der Waals surface area contributed by atoms with E-state index < -0.39 is 5.97 Å². The Bertz CT molecular complexity index is 345. The Morgan fingerprint density at radius 2 is 2.60 bits per heavy atom. The van der Waals surface area contributed by atoms with Gasteiger partial charge < -0.3 is 9.47 Å². The van der Waals surface area contributed by atoms with Crippen molar-refractivity contribution in [1.82, 2.24) is 20.2 Å². The highest BCUT2D eigenvalue weighted by molar-refractivity contribution is 5.85. The second kappa shape index (κ2) is 4.35. The summed E-state index contributed by atoms with van der Waals surface area (Å²) in [6, 6.07) is 0.0411. The average Bonchev–Trinajstić information content (AvgIpc) is 2.88. The molecule has 2 heterocycles. The minimum absolute atomic E-state index is 0.0411. The molecule has 0 N–H and O–H groups in total. The summed E-state index contributed by atoms with van der Waals surface area (Å²) in [5.41, 5.74) is 0. The maximum absolute atomic E-state index is 11.5. The van der Waals surface area contributed by atoms with Gasteiger partial charge in [0.05, 0.1) is 19.3 Å². The Morgan fingerprint density at radius 1 is 1.73 bits per heavy atom. The van der Waals surface area contributed by atoms with E-state index in [-0.39, 0.29) is 11.9 Å². The summed E-state index contributed by atoms with van der Waals surface area (Å²) in [5, 5.41) is 10.9. The third kappa shape index (κ3) is 1.96. The fourth-order valence-electron chi connectivity index (χ4n) is 1.48. The Morgan fingerprint density at radius 3 is 3.27 bits per heavy atom. The summed E-state index contributed by atoms with van der Waals surface area (Å²) in [7, 11) is 0.